The van der Waals surface area contributed by atoms with E-state index < -0.39 is 11.7 Å². The van der Waals surface area contributed by atoms with Crippen LogP contribution in [0, 0.1) is 0 Å². The van der Waals surface area contributed by atoms with Crippen LogP contribution in [-0.4, -0.2) is 0 Å². The normalized spacial score (nSPS) is 11.8. The molecule has 1 aromatic carbocycles. The summed E-state index contributed by atoms with van der Waals surface area (Å²) in [5.41, 5.74) is 3.89. The molecule has 0 unspecified atom stereocenters. The molecule has 1 nitrogen and oxygen atoms in total. The second-order valence-electron chi connectivity index (χ2n) is 2.35. The van der Waals surface area contributed by atoms with Crippen LogP contribution in [0.5, 0.6) is 0 Å². The van der Waals surface area contributed by atoms with E-state index in [4.69, 9.17) is 17.3 Å². The number of hydrogen-bond acceptors (Lipinski definition) is 1. The molecule has 0 fully saturated rings. The van der Waals surface area contributed by atoms with E-state index in [2.05, 4.69) is 15.9 Å². The molecule has 0 aliphatic carbocycles. The lowest BCUT2D eigenvalue weighted by atomic mass is 10.2. The molecule has 0 aromatic heterocycles. The van der Waals surface area contributed by atoms with Crippen molar-refractivity contribution in [3.8, 4) is 0 Å². The minimum absolute atomic E-state index is 0.158. The number of anilines is 1. The molecule has 1 aromatic rings. The van der Waals surface area contributed by atoms with Crippen molar-refractivity contribution in [3.05, 3.63) is 27.2 Å². The highest BCUT2D eigenvalue weighted by Crippen LogP contribution is 2.37. The fourth-order valence-corrected chi connectivity index (χ4v) is 1.32. The second-order valence-corrected chi connectivity index (χ2v) is 3.61. The lowest BCUT2D eigenvalue weighted by Crippen LogP contribution is -2.08. The molecule has 0 heterocycles. The maximum atomic E-state index is 12.2. The monoisotopic (exact) mass is 273 g/mol. The van der Waals surface area contributed by atoms with Crippen molar-refractivity contribution in [2.75, 3.05) is 5.73 Å². The third-order valence-electron chi connectivity index (χ3n) is 1.40. The highest BCUT2D eigenvalue weighted by Gasteiger charge is 2.33. The van der Waals surface area contributed by atoms with Gasteiger partial charge >= 0.3 is 6.18 Å². The molecule has 0 aliphatic rings. The van der Waals surface area contributed by atoms with Gasteiger partial charge in [0.25, 0.3) is 0 Å². The van der Waals surface area contributed by atoms with Crippen molar-refractivity contribution in [2.45, 2.75) is 6.18 Å². The number of nitrogens with two attached hydrogens (primary N) is 1. The molecule has 0 radical (unpaired) electrons. The first kappa shape index (κ1) is 10.7. The van der Waals surface area contributed by atoms with Crippen LogP contribution in [-0.2, 0) is 6.18 Å². The Kier molecular flexibility index (Phi) is 2.77. The minimum Gasteiger partial charge on any atom is -0.398 e. The minimum atomic E-state index is -4.45. The molecular weight excluding hydrogens is 270 g/mol. The predicted octanol–water partition coefficient (Wildman–Crippen LogP) is 3.70. The Morgan fingerprint density at radius 1 is 1.31 bits per heavy atom. The van der Waals surface area contributed by atoms with E-state index >= 15 is 0 Å². The summed E-state index contributed by atoms with van der Waals surface area (Å²) >= 11 is 8.43. The average molecular weight is 274 g/mol. The zero-order valence-corrected chi connectivity index (χ0v) is 8.46. The predicted molar refractivity (Wildman–Crippen MR) is 48.6 cm³/mol. The van der Waals surface area contributed by atoms with E-state index in [1.807, 2.05) is 0 Å². The molecular formula is C7H4BrClF3N. The van der Waals surface area contributed by atoms with Crippen LogP contribution < -0.4 is 5.73 Å². The summed E-state index contributed by atoms with van der Waals surface area (Å²) in [5.74, 6) is 0. The van der Waals surface area contributed by atoms with Crippen molar-refractivity contribution >= 4 is 33.2 Å². The Bertz CT molecular complexity index is 337. The van der Waals surface area contributed by atoms with E-state index in [9.17, 15) is 13.2 Å². The van der Waals surface area contributed by atoms with Gasteiger partial charge in [0.05, 0.1) is 10.6 Å². The lowest BCUT2D eigenvalue weighted by Gasteiger charge is -2.10. The van der Waals surface area contributed by atoms with Crippen molar-refractivity contribution in [1.29, 1.82) is 0 Å². The van der Waals surface area contributed by atoms with Gasteiger partial charge in [-0.15, -0.1) is 0 Å². The lowest BCUT2D eigenvalue weighted by molar-refractivity contribution is -0.136. The third-order valence-corrected chi connectivity index (χ3v) is 2.59. The molecule has 0 saturated carbocycles. The van der Waals surface area contributed by atoms with Crippen molar-refractivity contribution in [3.63, 3.8) is 0 Å². The van der Waals surface area contributed by atoms with E-state index in [-0.39, 0.29) is 15.2 Å². The molecule has 13 heavy (non-hydrogen) atoms. The Labute approximate surface area is 85.8 Å². The van der Waals surface area contributed by atoms with Crippen molar-refractivity contribution < 1.29 is 13.2 Å². The van der Waals surface area contributed by atoms with Crippen LogP contribution in [0.2, 0.25) is 5.02 Å². The first-order valence-corrected chi connectivity index (χ1v) is 4.31. The van der Waals surface area contributed by atoms with Crippen LogP contribution in [0.25, 0.3) is 0 Å². The van der Waals surface area contributed by atoms with Gasteiger partial charge < -0.3 is 5.73 Å². The van der Waals surface area contributed by atoms with Crippen LogP contribution >= 0.6 is 27.5 Å². The summed E-state index contributed by atoms with van der Waals surface area (Å²) in [5, 5.41) is 0.158. The van der Waals surface area contributed by atoms with Gasteiger partial charge in [0.2, 0.25) is 0 Å². The van der Waals surface area contributed by atoms with E-state index in [1.165, 1.54) is 0 Å². The Morgan fingerprint density at radius 2 is 1.85 bits per heavy atom. The summed E-state index contributed by atoms with van der Waals surface area (Å²) in [4.78, 5) is 0. The largest absolute Gasteiger partial charge is 0.418 e. The van der Waals surface area contributed by atoms with E-state index in [0.717, 1.165) is 12.1 Å². The standard InChI is InChI=1S/C7H4BrClF3N/c8-4-1-3(7(10,11)12)6(13)2-5(4)9/h1-2H,13H2. The Hall–Kier alpha value is -0.420. The molecule has 0 bridgehead atoms. The fraction of sp³-hybridized carbons (Fsp3) is 0.143. The van der Waals surface area contributed by atoms with Gasteiger partial charge in [0, 0.05) is 10.2 Å². The summed E-state index contributed by atoms with van der Waals surface area (Å²) in [6.07, 6.45) is -4.45. The van der Waals surface area contributed by atoms with Gasteiger partial charge in [0.15, 0.2) is 0 Å². The number of benzene rings is 1. The van der Waals surface area contributed by atoms with E-state index in [0.29, 0.717) is 0 Å². The van der Waals surface area contributed by atoms with Crippen molar-refractivity contribution in [2.24, 2.45) is 0 Å². The number of hydrogen-bond donors (Lipinski definition) is 1. The Balaban J connectivity index is 3.32. The maximum Gasteiger partial charge on any atom is 0.418 e. The number of nitrogen functional groups attached to an aromatic ring is 1. The summed E-state index contributed by atoms with van der Waals surface area (Å²) in [6, 6.07) is 1.92. The molecule has 0 amide bonds. The van der Waals surface area contributed by atoms with Crippen LogP contribution in [0.15, 0.2) is 16.6 Å². The highest BCUT2D eigenvalue weighted by atomic mass is 79.9. The smallest absolute Gasteiger partial charge is 0.398 e. The van der Waals surface area contributed by atoms with Gasteiger partial charge in [-0.25, -0.2) is 0 Å². The summed E-state index contributed by atoms with van der Waals surface area (Å²) in [6.45, 7) is 0. The first-order chi connectivity index (χ1) is 5.82. The quantitative estimate of drug-likeness (QED) is 0.717. The van der Waals surface area contributed by atoms with Gasteiger partial charge in [0.1, 0.15) is 0 Å². The molecule has 2 N–H and O–H groups in total. The summed E-state index contributed by atoms with van der Waals surface area (Å²) in [7, 11) is 0. The van der Waals surface area contributed by atoms with Crippen LogP contribution in [0.1, 0.15) is 5.56 Å². The van der Waals surface area contributed by atoms with Gasteiger partial charge in [-0.1, -0.05) is 11.6 Å². The molecule has 6 heteroatoms. The molecule has 0 saturated heterocycles. The average Bonchev–Trinajstić information content (AvgIpc) is 1.94. The molecule has 0 spiro atoms. The highest BCUT2D eigenvalue weighted by molar-refractivity contribution is 9.10. The Morgan fingerprint density at radius 3 is 2.31 bits per heavy atom. The maximum absolute atomic E-state index is 12.2. The number of rotatable bonds is 0. The van der Waals surface area contributed by atoms with E-state index in [1.54, 1.807) is 0 Å². The van der Waals surface area contributed by atoms with Crippen molar-refractivity contribution in [1.82, 2.24) is 0 Å². The van der Waals surface area contributed by atoms with Crippen LogP contribution in [0.4, 0.5) is 18.9 Å². The summed E-state index contributed by atoms with van der Waals surface area (Å²) < 4.78 is 36.8. The third kappa shape index (κ3) is 2.28. The number of alkyl halides is 3. The molecule has 72 valence electrons. The topological polar surface area (TPSA) is 26.0 Å². The second kappa shape index (κ2) is 3.38. The van der Waals surface area contributed by atoms with Crippen LogP contribution in [0.3, 0.4) is 0 Å². The van der Waals surface area contributed by atoms with Gasteiger partial charge in [-0.3, -0.25) is 0 Å². The SMILES string of the molecule is Nc1cc(Cl)c(Br)cc1C(F)(F)F. The zero-order chi connectivity index (χ0) is 10.2. The molecule has 0 aliphatic heterocycles. The first-order valence-electron chi connectivity index (χ1n) is 3.14. The number of halogens is 5. The molecule has 1 rings (SSSR count). The molecule has 0 atom stereocenters. The fourth-order valence-electron chi connectivity index (χ4n) is 0.808. The van der Waals surface area contributed by atoms with Gasteiger partial charge in [-0.2, -0.15) is 13.2 Å². The zero-order valence-electron chi connectivity index (χ0n) is 6.12. The van der Waals surface area contributed by atoms with Gasteiger partial charge in [-0.05, 0) is 28.1 Å².